The van der Waals surface area contributed by atoms with Crippen molar-refractivity contribution in [2.75, 3.05) is 5.32 Å². The third-order valence-corrected chi connectivity index (χ3v) is 3.82. The number of anilines is 2. The smallest absolute Gasteiger partial charge is 0.339 e. The van der Waals surface area contributed by atoms with Crippen molar-refractivity contribution >= 4 is 11.5 Å². The van der Waals surface area contributed by atoms with Crippen LogP contribution in [0.1, 0.15) is 16.7 Å². The number of nitriles is 1. The Morgan fingerprint density at radius 1 is 1.00 bits per heavy atom. The summed E-state index contributed by atoms with van der Waals surface area (Å²) in [5, 5.41) is 12.1. The van der Waals surface area contributed by atoms with Gasteiger partial charge in [-0.1, -0.05) is 48.0 Å². The Bertz CT molecular complexity index is 957. The van der Waals surface area contributed by atoms with Gasteiger partial charge in [-0.05, 0) is 25.1 Å². The van der Waals surface area contributed by atoms with E-state index < -0.39 is 17.3 Å². The van der Waals surface area contributed by atoms with Gasteiger partial charge in [0.05, 0.1) is 11.3 Å². The van der Waals surface area contributed by atoms with Gasteiger partial charge in [-0.2, -0.15) is 18.4 Å². The maximum absolute atomic E-state index is 13.5. The number of hydrogen-bond donors (Lipinski definition) is 1. The number of benzene rings is 2. The summed E-state index contributed by atoms with van der Waals surface area (Å²) in [6.45, 7) is 1.89. The second-order valence-electron chi connectivity index (χ2n) is 5.75. The van der Waals surface area contributed by atoms with Gasteiger partial charge in [-0.3, -0.25) is 0 Å². The predicted octanol–water partition coefficient (Wildman–Crippen LogP) is 5.69. The molecule has 0 spiro atoms. The summed E-state index contributed by atoms with van der Waals surface area (Å²) in [4.78, 5) is 4.28. The van der Waals surface area contributed by atoms with Crippen molar-refractivity contribution in [1.82, 2.24) is 4.98 Å². The van der Waals surface area contributed by atoms with Gasteiger partial charge in [0.15, 0.2) is 0 Å². The summed E-state index contributed by atoms with van der Waals surface area (Å²) >= 11 is 0. The number of aryl methyl sites for hydroxylation is 1. The first-order valence-corrected chi connectivity index (χ1v) is 7.80. The van der Waals surface area contributed by atoms with Gasteiger partial charge in [0, 0.05) is 11.3 Å². The molecule has 0 amide bonds. The number of aromatic nitrogens is 1. The average Bonchev–Trinajstić information content (AvgIpc) is 2.62. The molecule has 3 nitrogen and oxygen atoms in total. The number of nitrogens with one attached hydrogen (secondary N) is 1. The SMILES string of the molecule is Cc1ccc(-c2cc(C(F)(F)F)c(C#N)c(Nc3ccccc3)n2)cc1. The van der Waals surface area contributed by atoms with Crippen LogP contribution in [0.15, 0.2) is 60.7 Å². The largest absolute Gasteiger partial charge is 0.417 e. The summed E-state index contributed by atoms with van der Waals surface area (Å²) in [7, 11) is 0. The number of halogens is 3. The van der Waals surface area contributed by atoms with Gasteiger partial charge in [0.1, 0.15) is 17.5 Å². The molecule has 2 aromatic carbocycles. The van der Waals surface area contributed by atoms with E-state index in [2.05, 4.69) is 10.3 Å². The second kappa shape index (κ2) is 6.89. The monoisotopic (exact) mass is 353 g/mol. The Morgan fingerprint density at radius 3 is 2.23 bits per heavy atom. The Kier molecular flexibility index (Phi) is 4.63. The zero-order chi connectivity index (χ0) is 18.7. The average molecular weight is 353 g/mol. The fourth-order valence-corrected chi connectivity index (χ4v) is 2.50. The lowest BCUT2D eigenvalue weighted by Gasteiger charge is -2.15. The van der Waals surface area contributed by atoms with Gasteiger partial charge in [-0.25, -0.2) is 4.98 Å². The second-order valence-corrected chi connectivity index (χ2v) is 5.75. The van der Waals surface area contributed by atoms with Crippen LogP contribution in [-0.2, 0) is 6.18 Å². The van der Waals surface area contributed by atoms with Gasteiger partial charge < -0.3 is 5.32 Å². The Hall–Kier alpha value is -3.33. The highest BCUT2D eigenvalue weighted by Gasteiger charge is 2.36. The Balaban J connectivity index is 2.19. The van der Waals surface area contributed by atoms with Crippen LogP contribution >= 0.6 is 0 Å². The molecule has 0 bridgehead atoms. The first kappa shape index (κ1) is 17.5. The molecule has 0 atom stereocenters. The van der Waals surface area contributed by atoms with Crippen LogP contribution in [0, 0.1) is 18.3 Å². The van der Waals surface area contributed by atoms with Gasteiger partial charge >= 0.3 is 6.18 Å². The zero-order valence-corrected chi connectivity index (χ0v) is 13.8. The van der Waals surface area contributed by atoms with E-state index in [0.29, 0.717) is 11.3 Å². The van der Waals surface area contributed by atoms with Crippen LogP contribution in [-0.4, -0.2) is 4.98 Å². The lowest BCUT2D eigenvalue weighted by atomic mass is 10.0. The lowest BCUT2D eigenvalue weighted by Crippen LogP contribution is -2.11. The molecule has 0 radical (unpaired) electrons. The summed E-state index contributed by atoms with van der Waals surface area (Å²) in [5.41, 5.74) is 0.685. The van der Waals surface area contributed by atoms with E-state index in [0.717, 1.165) is 11.6 Å². The van der Waals surface area contributed by atoms with Crippen LogP contribution < -0.4 is 5.32 Å². The minimum Gasteiger partial charge on any atom is -0.339 e. The van der Waals surface area contributed by atoms with Crippen molar-refractivity contribution < 1.29 is 13.2 Å². The molecule has 3 aromatic rings. The standard InChI is InChI=1S/C20H14F3N3/c1-13-7-9-14(10-8-13)18-11-17(20(21,22)23)16(12-24)19(26-18)25-15-5-3-2-4-6-15/h2-11H,1H3,(H,25,26). The number of hydrogen-bond acceptors (Lipinski definition) is 3. The molecule has 130 valence electrons. The van der Waals surface area contributed by atoms with Crippen LogP contribution in [0.2, 0.25) is 0 Å². The number of pyridine rings is 1. The molecule has 0 aliphatic carbocycles. The Morgan fingerprint density at radius 2 is 1.65 bits per heavy atom. The lowest BCUT2D eigenvalue weighted by molar-refractivity contribution is -0.137. The Labute approximate surface area is 148 Å². The summed E-state index contributed by atoms with van der Waals surface area (Å²) in [5.74, 6) is -0.121. The maximum Gasteiger partial charge on any atom is 0.417 e. The first-order chi connectivity index (χ1) is 12.4. The third-order valence-electron chi connectivity index (χ3n) is 3.82. The van der Waals surface area contributed by atoms with E-state index in [1.165, 1.54) is 0 Å². The molecule has 0 saturated carbocycles. The molecule has 1 heterocycles. The van der Waals surface area contributed by atoms with Crippen molar-refractivity contribution in [1.29, 1.82) is 5.26 Å². The van der Waals surface area contributed by atoms with Gasteiger partial charge in [-0.15, -0.1) is 0 Å². The number of alkyl halides is 3. The molecule has 3 rings (SSSR count). The molecule has 1 N–H and O–H groups in total. The van der Waals surface area contributed by atoms with E-state index in [1.807, 2.05) is 6.92 Å². The summed E-state index contributed by atoms with van der Waals surface area (Å²) < 4.78 is 40.5. The third kappa shape index (κ3) is 3.67. The number of nitrogens with zero attached hydrogens (tertiary/aromatic N) is 2. The fourth-order valence-electron chi connectivity index (χ4n) is 2.50. The van der Waals surface area contributed by atoms with Crippen molar-refractivity contribution in [3.63, 3.8) is 0 Å². The van der Waals surface area contributed by atoms with Crippen molar-refractivity contribution in [2.45, 2.75) is 13.1 Å². The van der Waals surface area contributed by atoms with Crippen molar-refractivity contribution in [2.24, 2.45) is 0 Å². The molecular weight excluding hydrogens is 339 g/mol. The summed E-state index contributed by atoms with van der Waals surface area (Å²) in [6, 6.07) is 18.2. The molecule has 0 saturated heterocycles. The van der Waals surface area contributed by atoms with Gasteiger partial charge in [0.2, 0.25) is 0 Å². The molecule has 0 fully saturated rings. The van der Waals surface area contributed by atoms with Crippen LogP contribution in [0.5, 0.6) is 0 Å². The quantitative estimate of drug-likeness (QED) is 0.658. The first-order valence-electron chi connectivity index (χ1n) is 7.80. The molecule has 6 heteroatoms. The van der Waals surface area contributed by atoms with Crippen molar-refractivity contribution in [3.05, 3.63) is 77.4 Å². The molecule has 26 heavy (non-hydrogen) atoms. The topological polar surface area (TPSA) is 48.7 Å². The van der Waals surface area contributed by atoms with E-state index >= 15 is 0 Å². The number of para-hydroxylation sites is 1. The van der Waals surface area contributed by atoms with Crippen molar-refractivity contribution in [3.8, 4) is 17.3 Å². The summed E-state index contributed by atoms with van der Waals surface area (Å²) in [6.07, 6.45) is -4.67. The highest BCUT2D eigenvalue weighted by molar-refractivity contribution is 5.71. The molecular formula is C20H14F3N3. The normalized spacial score (nSPS) is 11.0. The van der Waals surface area contributed by atoms with Crippen LogP contribution in [0.3, 0.4) is 0 Å². The minimum absolute atomic E-state index is 0.121. The van der Waals surface area contributed by atoms with Crippen LogP contribution in [0.25, 0.3) is 11.3 Å². The molecule has 1 aromatic heterocycles. The van der Waals surface area contributed by atoms with Crippen LogP contribution in [0.4, 0.5) is 24.7 Å². The van der Waals surface area contributed by atoms with E-state index in [1.54, 1.807) is 60.7 Å². The molecule has 0 unspecified atom stereocenters. The number of rotatable bonds is 3. The van der Waals surface area contributed by atoms with E-state index in [-0.39, 0.29) is 11.5 Å². The maximum atomic E-state index is 13.5. The highest BCUT2D eigenvalue weighted by Crippen LogP contribution is 2.37. The predicted molar refractivity (Wildman–Crippen MR) is 93.9 cm³/mol. The van der Waals surface area contributed by atoms with E-state index in [4.69, 9.17) is 0 Å². The highest BCUT2D eigenvalue weighted by atomic mass is 19.4. The molecule has 0 aliphatic rings. The fraction of sp³-hybridized carbons (Fsp3) is 0.100. The minimum atomic E-state index is -4.67. The van der Waals surface area contributed by atoms with Gasteiger partial charge in [0.25, 0.3) is 0 Å². The zero-order valence-electron chi connectivity index (χ0n) is 13.8. The van der Waals surface area contributed by atoms with E-state index in [9.17, 15) is 18.4 Å². The molecule has 0 aliphatic heterocycles.